The molecule has 0 N–H and O–H groups in total. The Balaban J connectivity index is 2.45. The lowest BCUT2D eigenvalue weighted by Crippen LogP contribution is -2.41. The maximum Gasteiger partial charge on any atom is 0.431 e. The number of hydrogen-bond acceptors (Lipinski definition) is 7. The molecule has 0 bridgehead atoms. The first kappa shape index (κ1) is 30.4. The number of rotatable bonds is 10. The Labute approximate surface area is 218 Å². The lowest BCUT2D eigenvalue weighted by molar-refractivity contribution is -0.149. The summed E-state index contributed by atoms with van der Waals surface area (Å²) in [4.78, 5) is 49.3. The summed E-state index contributed by atoms with van der Waals surface area (Å²) in [6.07, 6.45) is -4.85. The molecule has 0 aliphatic heterocycles. The minimum atomic E-state index is -4.98. The Hall–Kier alpha value is -2.80. The number of halogens is 5. The van der Waals surface area contributed by atoms with Gasteiger partial charge in [0.05, 0.1) is 23.7 Å². The number of nitrogens with zero attached hydrogens (tertiary/aromatic N) is 2. The van der Waals surface area contributed by atoms with E-state index in [1.165, 1.54) is 0 Å². The topological polar surface area (TPSA) is 96.6 Å². The predicted octanol–water partition coefficient (Wildman–Crippen LogP) is 4.35. The van der Waals surface area contributed by atoms with Gasteiger partial charge in [-0.1, -0.05) is 25.4 Å². The zero-order valence-corrected chi connectivity index (χ0v) is 21.9. The van der Waals surface area contributed by atoms with E-state index in [2.05, 4.69) is 0 Å². The molecule has 0 saturated carbocycles. The van der Waals surface area contributed by atoms with Crippen molar-refractivity contribution in [3.8, 4) is 5.69 Å². The summed E-state index contributed by atoms with van der Waals surface area (Å²) in [6, 6.07) is 1.99. The molecule has 1 heterocycles. The number of carbonyl (C=O) groups is 2. The largest absolute Gasteiger partial charge is 0.466 e. The lowest BCUT2D eigenvalue weighted by Gasteiger charge is -2.19. The SMILES string of the molecule is CCOC(=O)CCOC(=O)C(CC(C)C)Sc1cc(-n2c(=O)cc(C(F)(F)F)n(C)c2=O)c(F)cc1Cl. The van der Waals surface area contributed by atoms with Gasteiger partial charge in [-0.05, 0) is 31.4 Å². The minimum Gasteiger partial charge on any atom is -0.466 e. The van der Waals surface area contributed by atoms with E-state index in [0.29, 0.717) is 0 Å². The van der Waals surface area contributed by atoms with Gasteiger partial charge in [0.2, 0.25) is 0 Å². The number of benzene rings is 1. The molecule has 37 heavy (non-hydrogen) atoms. The molecule has 8 nitrogen and oxygen atoms in total. The van der Waals surface area contributed by atoms with Gasteiger partial charge in [0.15, 0.2) is 0 Å². The van der Waals surface area contributed by atoms with Crippen LogP contribution < -0.4 is 11.2 Å². The first-order chi connectivity index (χ1) is 17.2. The van der Waals surface area contributed by atoms with Crippen molar-refractivity contribution in [3.63, 3.8) is 0 Å². The molecule has 0 radical (unpaired) electrons. The molecule has 1 aromatic heterocycles. The second-order valence-electron chi connectivity index (χ2n) is 8.24. The van der Waals surface area contributed by atoms with Crippen LogP contribution in [-0.4, -0.2) is 39.5 Å². The molecule has 0 spiro atoms. The number of carbonyl (C=O) groups excluding carboxylic acids is 2. The van der Waals surface area contributed by atoms with Gasteiger partial charge in [-0.3, -0.25) is 19.0 Å². The predicted molar refractivity (Wildman–Crippen MR) is 129 cm³/mol. The molecule has 0 aliphatic carbocycles. The average Bonchev–Trinajstić information content (AvgIpc) is 2.77. The van der Waals surface area contributed by atoms with E-state index in [1.54, 1.807) is 6.92 Å². The number of alkyl halides is 3. The standard InChI is InChI=1S/C23H25ClF4N2O6S/c1-5-35-20(32)6-7-36-21(33)17(8-12(2)3)37-16-10-15(14(25)9-13(16)24)30-19(31)11-18(23(26,27)28)29(4)22(30)34/h9-12,17H,5-8H2,1-4H3. The van der Waals surface area contributed by atoms with Crippen molar-refractivity contribution in [1.82, 2.24) is 9.13 Å². The molecular weight excluding hydrogens is 544 g/mol. The fourth-order valence-electron chi connectivity index (χ4n) is 3.23. The summed E-state index contributed by atoms with van der Waals surface area (Å²) in [5, 5.41) is -1.03. The molecule has 0 amide bonds. The fraction of sp³-hybridized carbons (Fsp3) is 0.478. The quantitative estimate of drug-likeness (QED) is 0.239. The second kappa shape index (κ2) is 12.6. The summed E-state index contributed by atoms with van der Waals surface area (Å²) >= 11 is 7.03. The summed E-state index contributed by atoms with van der Waals surface area (Å²) < 4.78 is 64.7. The van der Waals surface area contributed by atoms with Crippen LogP contribution in [-0.2, 0) is 32.3 Å². The van der Waals surface area contributed by atoms with Crippen molar-refractivity contribution >= 4 is 35.3 Å². The first-order valence-electron chi connectivity index (χ1n) is 11.1. The Kier molecular flexibility index (Phi) is 10.4. The van der Waals surface area contributed by atoms with Gasteiger partial charge in [-0.25, -0.2) is 13.8 Å². The third-order valence-corrected chi connectivity index (χ3v) is 6.61. The molecule has 0 fully saturated rings. The number of aromatic nitrogens is 2. The molecule has 14 heteroatoms. The molecule has 204 valence electrons. The number of thioether (sulfide) groups is 1. The Morgan fingerprint density at radius 1 is 1.14 bits per heavy atom. The van der Waals surface area contributed by atoms with Crippen molar-refractivity contribution in [2.24, 2.45) is 13.0 Å². The maximum atomic E-state index is 14.8. The zero-order valence-electron chi connectivity index (χ0n) is 20.4. The number of hydrogen-bond donors (Lipinski definition) is 0. The first-order valence-corrected chi connectivity index (χ1v) is 12.3. The van der Waals surface area contributed by atoms with E-state index in [1.807, 2.05) is 13.8 Å². The molecule has 1 atom stereocenters. The Morgan fingerprint density at radius 2 is 1.78 bits per heavy atom. The molecule has 0 saturated heterocycles. The monoisotopic (exact) mass is 568 g/mol. The van der Waals surface area contributed by atoms with Crippen LogP contribution in [0.2, 0.25) is 5.02 Å². The summed E-state index contributed by atoms with van der Waals surface area (Å²) in [7, 11) is 0.801. The molecule has 1 aromatic carbocycles. The van der Waals surface area contributed by atoms with Crippen LogP contribution >= 0.6 is 23.4 Å². The van der Waals surface area contributed by atoms with Crippen molar-refractivity contribution in [2.75, 3.05) is 13.2 Å². The third kappa shape index (κ3) is 7.84. The number of ether oxygens (including phenoxy) is 2. The normalized spacial score (nSPS) is 12.5. The zero-order chi connectivity index (χ0) is 28.1. The van der Waals surface area contributed by atoms with Crippen molar-refractivity contribution < 1.29 is 36.6 Å². The molecule has 1 unspecified atom stereocenters. The summed E-state index contributed by atoms with van der Waals surface area (Å²) in [5.74, 6) is -2.37. The summed E-state index contributed by atoms with van der Waals surface area (Å²) in [5.41, 5.74) is -4.95. The van der Waals surface area contributed by atoms with E-state index in [9.17, 15) is 36.7 Å². The average molecular weight is 569 g/mol. The van der Waals surface area contributed by atoms with Gasteiger partial charge in [0.1, 0.15) is 23.4 Å². The van der Waals surface area contributed by atoms with Gasteiger partial charge in [-0.2, -0.15) is 13.2 Å². The Morgan fingerprint density at radius 3 is 2.35 bits per heavy atom. The highest BCUT2D eigenvalue weighted by atomic mass is 35.5. The smallest absolute Gasteiger partial charge is 0.431 e. The maximum absolute atomic E-state index is 14.8. The van der Waals surface area contributed by atoms with E-state index < -0.39 is 51.8 Å². The van der Waals surface area contributed by atoms with Gasteiger partial charge in [0.25, 0.3) is 5.56 Å². The molecule has 2 rings (SSSR count). The molecular formula is C23H25ClF4N2O6S. The van der Waals surface area contributed by atoms with Crippen LogP contribution in [0.25, 0.3) is 5.69 Å². The highest BCUT2D eigenvalue weighted by Crippen LogP contribution is 2.36. The lowest BCUT2D eigenvalue weighted by atomic mass is 10.1. The van der Waals surface area contributed by atoms with Gasteiger partial charge in [0, 0.05) is 18.0 Å². The van der Waals surface area contributed by atoms with Crippen LogP contribution in [0.1, 0.15) is 39.3 Å². The van der Waals surface area contributed by atoms with Crippen LogP contribution in [0.15, 0.2) is 32.7 Å². The minimum absolute atomic E-state index is 0.00127. The van der Waals surface area contributed by atoms with Crippen LogP contribution in [0.3, 0.4) is 0 Å². The second-order valence-corrected chi connectivity index (χ2v) is 9.89. The fourth-order valence-corrected chi connectivity index (χ4v) is 4.82. The van der Waals surface area contributed by atoms with Gasteiger partial charge in [-0.15, -0.1) is 11.8 Å². The Bertz CT molecular complexity index is 1280. The van der Waals surface area contributed by atoms with Gasteiger partial charge >= 0.3 is 23.8 Å². The van der Waals surface area contributed by atoms with Crippen LogP contribution in [0, 0.1) is 11.7 Å². The number of esters is 2. The van der Waals surface area contributed by atoms with Gasteiger partial charge < -0.3 is 9.47 Å². The van der Waals surface area contributed by atoms with E-state index >= 15 is 0 Å². The van der Waals surface area contributed by atoms with Crippen LogP contribution in [0.4, 0.5) is 17.6 Å². The van der Waals surface area contributed by atoms with E-state index in [0.717, 1.165) is 30.9 Å². The van der Waals surface area contributed by atoms with E-state index in [4.69, 9.17) is 21.1 Å². The van der Waals surface area contributed by atoms with Crippen molar-refractivity contribution in [2.45, 2.75) is 49.9 Å². The van der Waals surface area contributed by atoms with Crippen LogP contribution in [0.5, 0.6) is 0 Å². The van der Waals surface area contributed by atoms with Crippen molar-refractivity contribution in [3.05, 3.63) is 55.6 Å². The third-order valence-electron chi connectivity index (χ3n) is 4.93. The highest BCUT2D eigenvalue weighted by Gasteiger charge is 2.35. The highest BCUT2D eigenvalue weighted by molar-refractivity contribution is 8.00. The molecule has 0 aliphatic rings. The molecule has 2 aromatic rings. The van der Waals surface area contributed by atoms with Crippen molar-refractivity contribution in [1.29, 1.82) is 0 Å². The van der Waals surface area contributed by atoms with E-state index in [-0.39, 0.29) is 57.1 Å². The summed E-state index contributed by atoms with van der Waals surface area (Å²) in [6.45, 7) is 5.25.